The van der Waals surface area contributed by atoms with Gasteiger partial charge in [0.05, 0.1) is 5.71 Å². The Morgan fingerprint density at radius 1 is 0.833 bits per heavy atom. The third-order valence-electron chi connectivity index (χ3n) is 5.52. The SMILES string of the molecule is CC1=C(C)C(c2ccccc2C(=N)c2ccc(C)c(C)c2C)C=C1. The molecule has 122 valence electrons. The Bertz CT molecular complexity index is 881. The average molecular weight is 315 g/mol. The lowest BCUT2D eigenvalue weighted by Gasteiger charge is -2.19. The van der Waals surface area contributed by atoms with E-state index < -0.39 is 0 Å². The second kappa shape index (κ2) is 6.24. The maximum absolute atomic E-state index is 8.86. The second-order valence-corrected chi connectivity index (χ2v) is 6.85. The topological polar surface area (TPSA) is 23.9 Å². The standard InChI is InChI=1S/C23H25N/c1-14-11-13-20(18(5)16(14)3)23(24)22-9-7-6-8-21(22)19-12-10-15(2)17(19)4/h6-13,19,24H,1-5H3. The van der Waals surface area contributed by atoms with E-state index in [9.17, 15) is 0 Å². The van der Waals surface area contributed by atoms with E-state index in [1.54, 1.807) is 0 Å². The fraction of sp³-hybridized carbons (Fsp3) is 0.261. The van der Waals surface area contributed by atoms with Crippen LogP contribution in [0.5, 0.6) is 0 Å². The van der Waals surface area contributed by atoms with Crippen molar-refractivity contribution in [1.29, 1.82) is 5.41 Å². The number of allylic oxidation sites excluding steroid dienone is 4. The summed E-state index contributed by atoms with van der Waals surface area (Å²) in [6.07, 6.45) is 4.45. The molecule has 0 spiro atoms. The molecule has 2 aromatic carbocycles. The van der Waals surface area contributed by atoms with Crippen molar-refractivity contribution < 1.29 is 0 Å². The van der Waals surface area contributed by atoms with Gasteiger partial charge in [0.15, 0.2) is 0 Å². The number of benzene rings is 2. The molecule has 1 unspecified atom stereocenters. The van der Waals surface area contributed by atoms with Crippen LogP contribution < -0.4 is 0 Å². The zero-order valence-electron chi connectivity index (χ0n) is 15.2. The van der Waals surface area contributed by atoms with E-state index in [1.165, 1.54) is 33.4 Å². The molecule has 0 bridgehead atoms. The van der Waals surface area contributed by atoms with E-state index in [0.29, 0.717) is 5.71 Å². The van der Waals surface area contributed by atoms with Gasteiger partial charge in [0.1, 0.15) is 0 Å². The molecule has 3 rings (SSSR count). The highest BCUT2D eigenvalue weighted by molar-refractivity contribution is 6.13. The minimum absolute atomic E-state index is 0.286. The Morgan fingerprint density at radius 2 is 1.54 bits per heavy atom. The lowest BCUT2D eigenvalue weighted by Crippen LogP contribution is -2.10. The fourth-order valence-electron chi connectivity index (χ4n) is 3.47. The molecule has 0 saturated carbocycles. The monoisotopic (exact) mass is 315 g/mol. The average Bonchev–Trinajstić information content (AvgIpc) is 2.91. The smallest absolute Gasteiger partial charge is 0.0690 e. The van der Waals surface area contributed by atoms with Crippen molar-refractivity contribution in [3.63, 3.8) is 0 Å². The van der Waals surface area contributed by atoms with Crippen LogP contribution in [0.15, 0.2) is 59.7 Å². The van der Waals surface area contributed by atoms with Gasteiger partial charge in [-0.3, -0.25) is 5.41 Å². The van der Waals surface area contributed by atoms with Gasteiger partial charge < -0.3 is 0 Å². The van der Waals surface area contributed by atoms with Gasteiger partial charge in [0, 0.05) is 17.0 Å². The molecule has 1 aliphatic carbocycles. The van der Waals surface area contributed by atoms with Gasteiger partial charge in [-0.2, -0.15) is 0 Å². The van der Waals surface area contributed by atoms with Gasteiger partial charge >= 0.3 is 0 Å². The van der Waals surface area contributed by atoms with Gasteiger partial charge in [-0.05, 0) is 56.9 Å². The van der Waals surface area contributed by atoms with E-state index in [2.05, 4.69) is 77.1 Å². The van der Waals surface area contributed by atoms with Crippen molar-refractivity contribution in [2.45, 2.75) is 40.5 Å². The van der Waals surface area contributed by atoms with Crippen LogP contribution in [0, 0.1) is 26.2 Å². The van der Waals surface area contributed by atoms with Crippen molar-refractivity contribution in [2.24, 2.45) is 0 Å². The predicted molar refractivity (Wildman–Crippen MR) is 103 cm³/mol. The summed E-state index contributed by atoms with van der Waals surface area (Å²) < 4.78 is 0. The first-order chi connectivity index (χ1) is 11.4. The van der Waals surface area contributed by atoms with Crippen LogP contribution >= 0.6 is 0 Å². The van der Waals surface area contributed by atoms with Crippen molar-refractivity contribution in [3.05, 3.63) is 93.1 Å². The van der Waals surface area contributed by atoms with Crippen LogP contribution in [0.4, 0.5) is 0 Å². The number of hydrogen-bond acceptors (Lipinski definition) is 1. The maximum Gasteiger partial charge on any atom is 0.0690 e. The molecule has 0 aromatic heterocycles. The van der Waals surface area contributed by atoms with Crippen LogP contribution in [0.25, 0.3) is 0 Å². The maximum atomic E-state index is 8.86. The van der Waals surface area contributed by atoms with Crippen molar-refractivity contribution in [3.8, 4) is 0 Å². The second-order valence-electron chi connectivity index (χ2n) is 6.85. The molecular formula is C23H25N. The summed E-state index contributed by atoms with van der Waals surface area (Å²) in [5.41, 5.74) is 10.4. The van der Waals surface area contributed by atoms with Gasteiger partial charge in [-0.25, -0.2) is 0 Å². The van der Waals surface area contributed by atoms with Crippen LogP contribution in [0.2, 0.25) is 0 Å². The lowest BCUT2D eigenvalue weighted by atomic mass is 9.85. The minimum Gasteiger partial charge on any atom is -0.300 e. The third kappa shape index (κ3) is 2.65. The molecular weight excluding hydrogens is 290 g/mol. The highest BCUT2D eigenvalue weighted by Crippen LogP contribution is 2.36. The molecule has 0 fully saturated rings. The van der Waals surface area contributed by atoms with Gasteiger partial charge in [0.25, 0.3) is 0 Å². The first-order valence-electron chi connectivity index (χ1n) is 8.52. The minimum atomic E-state index is 0.286. The summed E-state index contributed by atoms with van der Waals surface area (Å²) in [4.78, 5) is 0. The largest absolute Gasteiger partial charge is 0.300 e. The molecule has 1 atom stereocenters. The van der Waals surface area contributed by atoms with E-state index in [-0.39, 0.29) is 5.92 Å². The van der Waals surface area contributed by atoms with Gasteiger partial charge in [-0.1, -0.05) is 59.7 Å². The van der Waals surface area contributed by atoms with E-state index in [1.807, 2.05) is 6.07 Å². The normalized spacial score (nSPS) is 16.8. The van der Waals surface area contributed by atoms with Crippen LogP contribution in [0.1, 0.15) is 53.1 Å². The number of aryl methyl sites for hydroxylation is 1. The number of hydrogen-bond donors (Lipinski definition) is 1. The van der Waals surface area contributed by atoms with E-state index >= 15 is 0 Å². The molecule has 0 amide bonds. The molecule has 0 saturated heterocycles. The molecule has 0 aliphatic heterocycles. The Hall–Kier alpha value is -2.41. The van der Waals surface area contributed by atoms with Crippen molar-refractivity contribution in [1.82, 2.24) is 0 Å². The quantitative estimate of drug-likeness (QED) is 0.670. The molecule has 1 nitrogen and oxygen atoms in total. The molecule has 0 radical (unpaired) electrons. The summed E-state index contributed by atoms with van der Waals surface area (Å²) >= 11 is 0. The fourth-order valence-corrected chi connectivity index (χ4v) is 3.47. The third-order valence-corrected chi connectivity index (χ3v) is 5.52. The summed E-state index contributed by atoms with van der Waals surface area (Å²) in [5, 5.41) is 8.86. The summed E-state index contributed by atoms with van der Waals surface area (Å²) in [7, 11) is 0. The highest BCUT2D eigenvalue weighted by Gasteiger charge is 2.22. The van der Waals surface area contributed by atoms with E-state index in [0.717, 1.165) is 11.1 Å². The molecule has 1 aliphatic rings. The van der Waals surface area contributed by atoms with Crippen LogP contribution in [0.3, 0.4) is 0 Å². The highest BCUT2D eigenvalue weighted by atomic mass is 14.4. The zero-order chi connectivity index (χ0) is 17.4. The Balaban J connectivity index is 2.10. The van der Waals surface area contributed by atoms with Crippen molar-refractivity contribution in [2.75, 3.05) is 0 Å². The van der Waals surface area contributed by atoms with E-state index in [4.69, 9.17) is 5.41 Å². The molecule has 24 heavy (non-hydrogen) atoms. The van der Waals surface area contributed by atoms with Crippen LogP contribution in [-0.4, -0.2) is 5.71 Å². The predicted octanol–water partition coefficient (Wildman–Crippen LogP) is 6.02. The molecule has 1 heteroatoms. The number of rotatable bonds is 3. The Kier molecular flexibility index (Phi) is 4.28. The number of nitrogens with one attached hydrogen (secondary N) is 1. The van der Waals surface area contributed by atoms with Gasteiger partial charge in [0.2, 0.25) is 0 Å². The Labute approximate surface area is 145 Å². The summed E-state index contributed by atoms with van der Waals surface area (Å²) in [6, 6.07) is 12.6. The first kappa shape index (κ1) is 16.4. The zero-order valence-corrected chi connectivity index (χ0v) is 15.2. The Morgan fingerprint density at radius 3 is 2.21 bits per heavy atom. The van der Waals surface area contributed by atoms with Gasteiger partial charge in [-0.15, -0.1) is 0 Å². The molecule has 2 aromatic rings. The van der Waals surface area contributed by atoms with Crippen LogP contribution in [-0.2, 0) is 0 Å². The molecule has 1 N–H and O–H groups in total. The summed E-state index contributed by atoms with van der Waals surface area (Å²) in [6.45, 7) is 10.8. The first-order valence-corrected chi connectivity index (χ1v) is 8.52. The summed E-state index contributed by atoms with van der Waals surface area (Å²) in [5.74, 6) is 0.286. The molecule has 0 heterocycles. The lowest BCUT2D eigenvalue weighted by molar-refractivity contribution is 0.998. The van der Waals surface area contributed by atoms with Crippen molar-refractivity contribution >= 4 is 5.71 Å².